The number of amides is 1. The minimum atomic E-state index is -4.34. The van der Waals surface area contributed by atoms with Gasteiger partial charge in [-0.05, 0) is 57.8 Å². The monoisotopic (exact) mass is 714 g/mol. The largest absolute Gasteiger partial charge is 0.472 e. The third-order valence-corrected chi connectivity index (χ3v) is 9.57. The van der Waals surface area contributed by atoms with Crippen LogP contribution in [-0.4, -0.2) is 73.4 Å². The summed E-state index contributed by atoms with van der Waals surface area (Å²) in [4.78, 5) is 23.0. The maximum atomic E-state index is 12.8. The molecule has 0 rings (SSSR count). The summed E-state index contributed by atoms with van der Waals surface area (Å²) in [6, 6.07) is -0.867. The van der Waals surface area contributed by atoms with Gasteiger partial charge in [0.15, 0.2) is 0 Å². The molecule has 0 aromatic rings. The molecule has 0 heterocycles. The molecule has 3 N–H and O–H groups in total. The van der Waals surface area contributed by atoms with Gasteiger partial charge < -0.3 is 19.8 Å². The fourth-order valence-electron chi connectivity index (χ4n) is 5.34. The highest BCUT2D eigenvalue weighted by Crippen LogP contribution is 2.43. The fourth-order valence-corrected chi connectivity index (χ4v) is 6.08. The smallest absolute Gasteiger partial charge is 0.387 e. The maximum Gasteiger partial charge on any atom is 0.472 e. The highest BCUT2D eigenvalue weighted by atomic mass is 31.2. The summed E-state index contributed by atoms with van der Waals surface area (Å²) >= 11 is 0. The van der Waals surface area contributed by atoms with Crippen molar-refractivity contribution in [3.63, 3.8) is 0 Å². The molecule has 1 amide bonds. The van der Waals surface area contributed by atoms with Crippen LogP contribution in [-0.2, 0) is 18.4 Å². The van der Waals surface area contributed by atoms with Gasteiger partial charge in [0.05, 0.1) is 39.9 Å². The van der Waals surface area contributed by atoms with Crippen molar-refractivity contribution in [2.45, 2.75) is 174 Å². The van der Waals surface area contributed by atoms with E-state index in [9.17, 15) is 19.4 Å². The van der Waals surface area contributed by atoms with Gasteiger partial charge in [-0.25, -0.2) is 4.57 Å². The first kappa shape index (κ1) is 47.7. The van der Waals surface area contributed by atoms with Crippen LogP contribution in [0.1, 0.15) is 162 Å². The topological polar surface area (TPSA) is 105 Å². The first-order valence-electron chi connectivity index (χ1n) is 19.9. The highest BCUT2D eigenvalue weighted by molar-refractivity contribution is 7.47. The first-order valence-corrected chi connectivity index (χ1v) is 21.4. The van der Waals surface area contributed by atoms with Crippen molar-refractivity contribution >= 4 is 13.7 Å². The molecule has 0 aliphatic carbocycles. The number of nitrogens with one attached hydrogen (secondary N) is 1. The molecule has 0 aromatic heterocycles. The van der Waals surface area contributed by atoms with Gasteiger partial charge in [-0.1, -0.05) is 134 Å². The number of quaternary nitrogens is 1. The molecule has 288 valence electrons. The van der Waals surface area contributed by atoms with E-state index in [2.05, 4.69) is 43.5 Å². The van der Waals surface area contributed by atoms with E-state index in [1.165, 1.54) is 89.9 Å². The Morgan fingerprint density at radius 3 is 1.63 bits per heavy atom. The van der Waals surface area contributed by atoms with Crippen LogP contribution in [0.2, 0.25) is 0 Å². The predicted molar refractivity (Wildman–Crippen MR) is 208 cm³/mol. The molecule has 8 nitrogen and oxygen atoms in total. The average Bonchev–Trinajstić information content (AvgIpc) is 3.04. The number of rotatable bonds is 35. The van der Waals surface area contributed by atoms with E-state index in [1.54, 1.807) is 6.08 Å². The summed E-state index contributed by atoms with van der Waals surface area (Å²) in [6.45, 7) is 4.74. The molecule has 0 saturated carbocycles. The molecule has 0 bridgehead atoms. The van der Waals surface area contributed by atoms with Crippen LogP contribution in [0.3, 0.4) is 0 Å². The molecule has 0 aromatic carbocycles. The summed E-state index contributed by atoms with van der Waals surface area (Å²) in [5, 5.41) is 13.7. The zero-order valence-corrected chi connectivity index (χ0v) is 33.3. The second kappa shape index (κ2) is 32.6. The Labute approximate surface area is 302 Å². The summed E-state index contributed by atoms with van der Waals surface area (Å²) in [5.41, 5.74) is 0. The Morgan fingerprint density at radius 2 is 1.12 bits per heavy atom. The fraction of sp³-hybridized carbons (Fsp3) is 0.825. The van der Waals surface area contributed by atoms with Crippen molar-refractivity contribution in [1.29, 1.82) is 0 Å². The van der Waals surface area contributed by atoms with Gasteiger partial charge in [-0.2, -0.15) is 0 Å². The van der Waals surface area contributed by atoms with Crippen LogP contribution < -0.4 is 5.32 Å². The number of allylic oxidation sites excluding steroid dienone is 5. The summed E-state index contributed by atoms with van der Waals surface area (Å²) in [5.74, 6) is -0.206. The molecular weight excluding hydrogens is 635 g/mol. The molecule has 9 heteroatoms. The van der Waals surface area contributed by atoms with E-state index in [0.29, 0.717) is 17.4 Å². The van der Waals surface area contributed by atoms with Crippen molar-refractivity contribution in [2.24, 2.45) is 0 Å². The quantitative estimate of drug-likeness (QED) is 0.0261. The van der Waals surface area contributed by atoms with Gasteiger partial charge >= 0.3 is 7.82 Å². The van der Waals surface area contributed by atoms with Crippen LogP contribution >= 0.6 is 7.82 Å². The number of nitrogens with zero attached hydrogens (tertiary/aromatic N) is 1. The number of aliphatic hydroxyl groups is 1. The number of likely N-dealkylation sites (N-methyl/N-ethyl adjacent to an activating group) is 1. The lowest BCUT2D eigenvalue weighted by Gasteiger charge is -2.25. The van der Waals surface area contributed by atoms with Gasteiger partial charge in [0, 0.05) is 6.42 Å². The normalized spacial score (nSPS) is 15.0. The summed E-state index contributed by atoms with van der Waals surface area (Å²) in [6.07, 6.45) is 37.8. The third kappa shape index (κ3) is 34.9. The minimum absolute atomic E-state index is 0.0531. The first-order chi connectivity index (χ1) is 23.5. The van der Waals surface area contributed by atoms with Crippen molar-refractivity contribution in [3.05, 3.63) is 36.5 Å². The van der Waals surface area contributed by atoms with Crippen LogP contribution in [0.4, 0.5) is 0 Å². The van der Waals surface area contributed by atoms with Crippen molar-refractivity contribution in [1.82, 2.24) is 5.32 Å². The standard InChI is InChI=1S/C40H77N2O6P/c1-6-8-10-12-14-16-18-20-22-23-25-27-29-31-33-39(43)38(37-48-49(45,46)47-36-35-42(3,4)5)41-40(44)34-32-30-28-26-24-21-19-17-15-13-11-9-7-2/h21,23-25,31,33,38-39,43H,6-20,22,26-30,32,34-37H2,1-5H3,(H-,41,44,45,46)/p+1/b24-21-,25-23+,33-31+. The SMILES string of the molecule is CCCCCCCC/C=C\CCCCCC(=O)NC(COP(=O)(O)OCC[N+](C)(C)C)C(O)/C=C/CC/C=C/CCCCCCCCCC. The van der Waals surface area contributed by atoms with Crippen LogP contribution in [0, 0.1) is 0 Å². The predicted octanol–water partition coefficient (Wildman–Crippen LogP) is 10.4. The molecule has 0 saturated heterocycles. The van der Waals surface area contributed by atoms with Crippen molar-refractivity contribution in [2.75, 3.05) is 40.9 Å². The number of phosphoric acid groups is 1. The van der Waals surface area contributed by atoms with Gasteiger partial charge in [0.1, 0.15) is 13.2 Å². The van der Waals surface area contributed by atoms with Gasteiger partial charge in [0.25, 0.3) is 0 Å². The number of phosphoric ester groups is 1. The number of carbonyl (C=O) groups excluding carboxylic acids is 1. The third-order valence-electron chi connectivity index (χ3n) is 8.58. The molecule has 0 aliphatic heterocycles. The zero-order valence-electron chi connectivity index (χ0n) is 32.4. The van der Waals surface area contributed by atoms with Gasteiger partial charge in [-0.3, -0.25) is 13.8 Å². The number of hydrogen-bond acceptors (Lipinski definition) is 5. The lowest BCUT2D eigenvalue weighted by molar-refractivity contribution is -0.870. The molecule has 0 fully saturated rings. The van der Waals surface area contributed by atoms with E-state index in [4.69, 9.17) is 9.05 Å². The molecule has 49 heavy (non-hydrogen) atoms. The van der Waals surface area contributed by atoms with E-state index < -0.39 is 20.0 Å². The number of hydrogen-bond donors (Lipinski definition) is 3. The Bertz CT molecular complexity index is 902. The molecular formula is C40H78N2O6P+. The Balaban J connectivity index is 4.61. The van der Waals surface area contributed by atoms with E-state index >= 15 is 0 Å². The number of carbonyl (C=O) groups is 1. The van der Waals surface area contributed by atoms with E-state index in [1.807, 2.05) is 27.2 Å². The van der Waals surface area contributed by atoms with Crippen LogP contribution in [0.5, 0.6) is 0 Å². The number of aliphatic hydroxyl groups excluding tert-OH is 1. The summed E-state index contributed by atoms with van der Waals surface area (Å²) < 4.78 is 23.4. The Kier molecular flexibility index (Phi) is 31.8. The van der Waals surface area contributed by atoms with E-state index in [-0.39, 0.29) is 19.1 Å². The Morgan fingerprint density at radius 1 is 0.673 bits per heavy atom. The highest BCUT2D eigenvalue weighted by Gasteiger charge is 2.27. The van der Waals surface area contributed by atoms with Crippen molar-refractivity contribution in [3.8, 4) is 0 Å². The molecule has 3 atom stereocenters. The maximum absolute atomic E-state index is 12.8. The Hall–Kier alpha value is -1.28. The van der Waals surface area contributed by atoms with Gasteiger partial charge in [0.2, 0.25) is 5.91 Å². The molecule has 0 aliphatic rings. The average molecular weight is 714 g/mol. The van der Waals surface area contributed by atoms with Crippen LogP contribution in [0.25, 0.3) is 0 Å². The van der Waals surface area contributed by atoms with Gasteiger partial charge in [-0.15, -0.1) is 0 Å². The van der Waals surface area contributed by atoms with E-state index in [0.717, 1.165) is 51.4 Å². The molecule has 0 radical (unpaired) electrons. The lowest BCUT2D eigenvalue weighted by atomic mass is 10.1. The second-order valence-corrected chi connectivity index (χ2v) is 16.1. The second-order valence-electron chi connectivity index (χ2n) is 14.6. The lowest BCUT2D eigenvalue weighted by Crippen LogP contribution is -2.45. The zero-order chi connectivity index (χ0) is 36.5. The molecule has 3 unspecified atom stereocenters. The number of unbranched alkanes of at least 4 members (excludes halogenated alkanes) is 18. The minimum Gasteiger partial charge on any atom is -0.387 e. The van der Waals surface area contributed by atoms with Crippen LogP contribution in [0.15, 0.2) is 36.5 Å². The van der Waals surface area contributed by atoms with Crippen molar-refractivity contribution < 1.29 is 32.9 Å². The summed E-state index contributed by atoms with van der Waals surface area (Å²) in [7, 11) is 1.54. The molecule has 0 spiro atoms.